The summed E-state index contributed by atoms with van der Waals surface area (Å²) >= 11 is 0. The van der Waals surface area contributed by atoms with E-state index >= 15 is 0 Å². The van der Waals surface area contributed by atoms with E-state index in [0.717, 1.165) is 44.8 Å². The van der Waals surface area contributed by atoms with Gasteiger partial charge in [0.1, 0.15) is 11.6 Å². The first-order valence-electron chi connectivity index (χ1n) is 9.83. The molecule has 3 aromatic carbocycles. The minimum absolute atomic E-state index is 0.455. The van der Waals surface area contributed by atoms with Crippen molar-refractivity contribution in [3.63, 3.8) is 0 Å². The van der Waals surface area contributed by atoms with E-state index in [1.165, 1.54) is 0 Å². The Morgan fingerprint density at radius 1 is 0.800 bits per heavy atom. The molecule has 0 amide bonds. The van der Waals surface area contributed by atoms with Crippen LogP contribution in [0.4, 0.5) is 5.82 Å². The molecule has 2 aromatic heterocycles. The lowest BCUT2D eigenvalue weighted by Gasteiger charge is -2.12. The van der Waals surface area contributed by atoms with Crippen LogP contribution in [0.25, 0.3) is 39.2 Å². The van der Waals surface area contributed by atoms with Gasteiger partial charge in [-0.3, -0.25) is 4.57 Å². The molecular formula is C25H21N5. The van der Waals surface area contributed by atoms with E-state index in [9.17, 15) is 0 Å². The topological polar surface area (TPSA) is 82.8 Å². The molecule has 0 bridgehead atoms. The third-order valence-corrected chi connectivity index (χ3v) is 5.27. The number of nitrogens with zero attached hydrogens (tertiary/aromatic N) is 3. The van der Waals surface area contributed by atoms with E-state index in [-0.39, 0.29) is 0 Å². The molecule has 5 rings (SSSR count). The Balaban J connectivity index is 1.79. The molecule has 0 saturated heterocycles. The average Bonchev–Trinajstić information content (AvgIpc) is 3.18. The Hall–Kier alpha value is -3.96. The first-order valence-corrected chi connectivity index (χ1v) is 9.83. The molecule has 0 aliphatic carbocycles. The molecule has 0 saturated carbocycles. The van der Waals surface area contributed by atoms with E-state index in [1.807, 2.05) is 42.5 Å². The van der Waals surface area contributed by atoms with Crippen LogP contribution in [-0.2, 0) is 6.54 Å². The Labute approximate surface area is 174 Å². The van der Waals surface area contributed by atoms with Crippen molar-refractivity contribution in [3.05, 3.63) is 96.7 Å². The monoisotopic (exact) mass is 391 g/mol. The highest BCUT2D eigenvalue weighted by Gasteiger charge is 2.17. The molecular weight excluding hydrogens is 370 g/mol. The molecule has 0 unspecified atom stereocenters. The van der Waals surface area contributed by atoms with Crippen LogP contribution in [0, 0.1) is 0 Å². The normalized spacial score (nSPS) is 11.1. The second-order valence-electron chi connectivity index (χ2n) is 7.15. The number of imidazole rings is 1. The molecule has 4 N–H and O–H groups in total. The van der Waals surface area contributed by atoms with E-state index in [0.29, 0.717) is 12.4 Å². The van der Waals surface area contributed by atoms with Crippen LogP contribution in [-0.4, -0.2) is 14.5 Å². The van der Waals surface area contributed by atoms with Gasteiger partial charge in [0.05, 0.1) is 16.6 Å². The SMILES string of the molecule is NCc1ccc(-n2c(-c3cccnc3N)nc3ccc(-c4ccccc4)cc32)cc1. The van der Waals surface area contributed by atoms with Crippen molar-refractivity contribution < 1.29 is 0 Å². The molecule has 0 spiro atoms. The lowest BCUT2D eigenvalue weighted by atomic mass is 10.1. The average molecular weight is 391 g/mol. The van der Waals surface area contributed by atoms with Crippen LogP contribution in [0.1, 0.15) is 5.56 Å². The smallest absolute Gasteiger partial charge is 0.149 e. The number of anilines is 1. The van der Waals surface area contributed by atoms with Gasteiger partial charge in [-0.15, -0.1) is 0 Å². The van der Waals surface area contributed by atoms with Crippen molar-refractivity contribution in [2.75, 3.05) is 5.73 Å². The quantitative estimate of drug-likeness (QED) is 0.461. The summed E-state index contributed by atoms with van der Waals surface area (Å²) in [6.45, 7) is 0.505. The number of aromatic nitrogens is 3. The molecule has 146 valence electrons. The third-order valence-electron chi connectivity index (χ3n) is 5.27. The van der Waals surface area contributed by atoms with Gasteiger partial charge in [0.2, 0.25) is 0 Å². The number of pyridine rings is 1. The Morgan fingerprint density at radius 2 is 1.60 bits per heavy atom. The summed E-state index contributed by atoms with van der Waals surface area (Å²) in [5.41, 5.74) is 19.1. The van der Waals surface area contributed by atoms with Gasteiger partial charge < -0.3 is 11.5 Å². The Morgan fingerprint density at radius 3 is 2.33 bits per heavy atom. The standard InChI is InChI=1S/C25H21N5/c26-16-17-8-11-20(12-9-17)30-23-15-19(18-5-2-1-3-6-18)10-13-22(23)29-25(30)21-7-4-14-28-24(21)27/h1-15H,16,26H2,(H2,27,28). The van der Waals surface area contributed by atoms with Crippen LogP contribution >= 0.6 is 0 Å². The van der Waals surface area contributed by atoms with Crippen molar-refractivity contribution in [2.24, 2.45) is 5.73 Å². The number of hydrogen-bond acceptors (Lipinski definition) is 4. The first-order chi connectivity index (χ1) is 14.7. The summed E-state index contributed by atoms with van der Waals surface area (Å²) < 4.78 is 2.13. The molecule has 0 aliphatic heterocycles. The van der Waals surface area contributed by atoms with Crippen molar-refractivity contribution in [1.29, 1.82) is 0 Å². The predicted molar refractivity (Wildman–Crippen MR) is 122 cm³/mol. The number of rotatable bonds is 4. The van der Waals surface area contributed by atoms with Gasteiger partial charge in [-0.05, 0) is 53.1 Å². The van der Waals surface area contributed by atoms with Crippen LogP contribution in [0.15, 0.2) is 91.1 Å². The fourth-order valence-electron chi connectivity index (χ4n) is 3.72. The second-order valence-corrected chi connectivity index (χ2v) is 7.15. The van der Waals surface area contributed by atoms with Crippen LogP contribution in [0.3, 0.4) is 0 Å². The van der Waals surface area contributed by atoms with Crippen LogP contribution < -0.4 is 11.5 Å². The predicted octanol–water partition coefficient (Wildman–Crippen LogP) is 4.80. The molecule has 30 heavy (non-hydrogen) atoms. The number of benzene rings is 3. The fraction of sp³-hybridized carbons (Fsp3) is 0.0400. The number of nitrogen functional groups attached to an aromatic ring is 1. The second kappa shape index (κ2) is 7.46. The fourth-order valence-corrected chi connectivity index (χ4v) is 3.72. The zero-order valence-electron chi connectivity index (χ0n) is 16.4. The molecule has 5 nitrogen and oxygen atoms in total. The molecule has 0 fully saturated rings. The van der Waals surface area contributed by atoms with Crippen LogP contribution in [0.2, 0.25) is 0 Å². The van der Waals surface area contributed by atoms with E-state index in [2.05, 4.69) is 52.0 Å². The third kappa shape index (κ3) is 3.11. The minimum atomic E-state index is 0.455. The highest BCUT2D eigenvalue weighted by molar-refractivity contribution is 5.88. The highest BCUT2D eigenvalue weighted by atomic mass is 15.1. The summed E-state index contributed by atoms with van der Waals surface area (Å²) in [6.07, 6.45) is 1.69. The van der Waals surface area contributed by atoms with Gasteiger partial charge in [0, 0.05) is 18.4 Å². The van der Waals surface area contributed by atoms with Gasteiger partial charge in [0.15, 0.2) is 0 Å². The summed E-state index contributed by atoms with van der Waals surface area (Å²) in [6, 6.07) is 28.7. The van der Waals surface area contributed by atoms with Gasteiger partial charge in [-0.25, -0.2) is 9.97 Å². The van der Waals surface area contributed by atoms with Crippen molar-refractivity contribution in [1.82, 2.24) is 14.5 Å². The largest absolute Gasteiger partial charge is 0.383 e. The maximum Gasteiger partial charge on any atom is 0.149 e. The Bertz CT molecular complexity index is 1320. The van der Waals surface area contributed by atoms with E-state index in [1.54, 1.807) is 6.20 Å². The molecule has 2 heterocycles. The summed E-state index contributed by atoms with van der Waals surface area (Å²) in [4.78, 5) is 9.18. The Kier molecular flexibility index (Phi) is 4.50. The van der Waals surface area contributed by atoms with Gasteiger partial charge >= 0.3 is 0 Å². The van der Waals surface area contributed by atoms with E-state index in [4.69, 9.17) is 16.5 Å². The maximum absolute atomic E-state index is 6.21. The van der Waals surface area contributed by atoms with Gasteiger partial charge in [-0.2, -0.15) is 0 Å². The number of hydrogen-bond donors (Lipinski definition) is 2. The summed E-state index contributed by atoms with van der Waals surface area (Å²) in [7, 11) is 0. The van der Waals surface area contributed by atoms with Gasteiger partial charge in [-0.1, -0.05) is 48.5 Å². The number of nitrogens with two attached hydrogens (primary N) is 2. The zero-order chi connectivity index (χ0) is 20.5. The molecule has 0 radical (unpaired) electrons. The zero-order valence-corrected chi connectivity index (χ0v) is 16.4. The lowest BCUT2D eigenvalue weighted by Crippen LogP contribution is -2.02. The molecule has 5 heteroatoms. The first kappa shape index (κ1) is 18.1. The minimum Gasteiger partial charge on any atom is -0.383 e. The van der Waals surface area contributed by atoms with Crippen LogP contribution in [0.5, 0.6) is 0 Å². The maximum atomic E-state index is 6.21. The summed E-state index contributed by atoms with van der Waals surface area (Å²) in [5.74, 6) is 1.22. The highest BCUT2D eigenvalue weighted by Crippen LogP contribution is 2.33. The van der Waals surface area contributed by atoms with Crippen molar-refractivity contribution in [3.8, 4) is 28.2 Å². The van der Waals surface area contributed by atoms with E-state index < -0.39 is 0 Å². The molecule has 5 aromatic rings. The molecule has 0 aliphatic rings. The lowest BCUT2D eigenvalue weighted by molar-refractivity contribution is 1.05. The number of fused-ring (bicyclic) bond motifs is 1. The summed E-state index contributed by atoms with van der Waals surface area (Å²) in [5, 5.41) is 0. The van der Waals surface area contributed by atoms with Gasteiger partial charge in [0.25, 0.3) is 0 Å². The van der Waals surface area contributed by atoms with Crippen molar-refractivity contribution >= 4 is 16.9 Å². The van der Waals surface area contributed by atoms with Crippen molar-refractivity contribution in [2.45, 2.75) is 6.54 Å². The molecule has 0 atom stereocenters.